The molecule has 150 valence electrons. The second-order valence-corrected chi connectivity index (χ2v) is 9.67. The van der Waals surface area contributed by atoms with Crippen LogP contribution in [-0.4, -0.2) is 70.4 Å². The predicted octanol–water partition coefficient (Wildman–Crippen LogP) is 2.28. The van der Waals surface area contributed by atoms with E-state index in [1.165, 1.54) is 36.9 Å². The van der Waals surface area contributed by atoms with Crippen molar-refractivity contribution in [2.24, 2.45) is 0 Å². The molecule has 0 saturated carbocycles. The number of nitrogens with zero attached hydrogens (tertiary/aromatic N) is 1. The molecule has 0 bridgehead atoms. The molecule has 3 saturated heterocycles. The van der Waals surface area contributed by atoms with Gasteiger partial charge in [-0.25, -0.2) is 0 Å². The van der Waals surface area contributed by atoms with Crippen LogP contribution in [0.2, 0.25) is 0 Å². The van der Waals surface area contributed by atoms with Crippen molar-refractivity contribution in [1.82, 2.24) is 10.2 Å². The standard InChI is InChI=1S/C20H30N2O4S/c1-19(21-18(24)15-2-9-25-12-15)14-20(26-13-17(19)23)5-7-22(8-6-20)16-3-10-27-11-4-16/h2,9,12,16-17,23H,3-8,10-11,13-14H2,1H3,(H,21,24)/t17-,19-/m1/s1. The van der Waals surface area contributed by atoms with Crippen LogP contribution in [0.3, 0.4) is 0 Å². The zero-order valence-electron chi connectivity index (χ0n) is 16.0. The van der Waals surface area contributed by atoms with Gasteiger partial charge in [-0.15, -0.1) is 0 Å². The Balaban J connectivity index is 1.40. The molecule has 6 nitrogen and oxygen atoms in total. The van der Waals surface area contributed by atoms with E-state index in [4.69, 9.17) is 9.15 Å². The number of amides is 1. The van der Waals surface area contributed by atoms with Crippen molar-refractivity contribution in [2.75, 3.05) is 31.2 Å². The van der Waals surface area contributed by atoms with E-state index in [-0.39, 0.29) is 18.1 Å². The van der Waals surface area contributed by atoms with Crippen LogP contribution < -0.4 is 5.32 Å². The lowest BCUT2D eigenvalue weighted by molar-refractivity contribution is -0.179. The van der Waals surface area contributed by atoms with Crippen molar-refractivity contribution < 1.29 is 19.1 Å². The molecule has 3 fully saturated rings. The van der Waals surface area contributed by atoms with Crippen molar-refractivity contribution in [3.05, 3.63) is 24.2 Å². The van der Waals surface area contributed by atoms with Gasteiger partial charge in [0.05, 0.1) is 29.6 Å². The van der Waals surface area contributed by atoms with Gasteiger partial charge in [0.1, 0.15) is 12.4 Å². The van der Waals surface area contributed by atoms with Gasteiger partial charge in [-0.2, -0.15) is 11.8 Å². The summed E-state index contributed by atoms with van der Waals surface area (Å²) in [6, 6.07) is 2.35. The molecule has 3 aliphatic heterocycles. The molecule has 1 aromatic rings. The number of carbonyl (C=O) groups excluding carboxylic acids is 1. The summed E-state index contributed by atoms with van der Waals surface area (Å²) in [5.74, 6) is 2.33. The zero-order valence-corrected chi connectivity index (χ0v) is 16.8. The number of aliphatic hydroxyl groups is 1. The molecule has 0 radical (unpaired) electrons. The second kappa shape index (κ2) is 7.78. The number of ether oxygens (including phenoxy) is 1. The highest BCUT2D eigenvalue weighted by Gasteiger charge is 2.50. The summed E-state index contributed by atoms with van der Waals surface area (Å²) in [6.07, 6.45) is 7.33. The lowest BCUT2D eigenvalue weighted by atomic mass is 9.74. The van der Waals surface area contributed by atoms with Gasteiger partial charge in [0, 0.05) is 25.6 Å². The Kier molecular flexibility index (Phi) is 5.56. The maximum absolute atomic E-state index is 12.5. The first-order valence-corrected chi connectivity index (χ1v) is 11.1. The number of carbonyl (C=O) groups is 1. The molecule has 4 heterocycles. The number of aliphatic hydroxyl groups excluding tert-OH is 1. The molecule has 7 heteroatoms. The van der Waals surface area contributed by atoms with E-state index in [0.717, 1.165) is 25.9 Å². The van der Waals surface area contributed by atoms with Gasteiger partial charge in [0.25, 0.3) is 5.91 Å². The van der Waals surface area contributed by atoms with E-state index < -0.39 is 11.6 Å². The smallest absolute Gasteiger partial charge is 0.255 e. The maximum Gasteiger partial charge on any atom is 0.255 e. The Morgan fingerprint density at radius 1 is 1.33 bits per heavy atom. The molecule has 27 heavy (non-hydrogen) atoms. The molecule has 2 atom stereocenters. The molecule has 4 rings (SSSR count). The highest BCUT2D eigenvalue weighted by Crippen LogP contribution is 2.40. The molecule has 2 N–H and O–H groups in total. The van der Waals surface area contributed by atoms with Crippen molar-refractivity contribution in [3.8, 4) is 0 Å². The topological polar surface area (TPSA) is 74.9 Å². The third-order valence-corrected chi connectivity index (χ3v) is 7.62. The van der Waals surface area contributed by atoms with E-state index in [9.17, 15) is 9.90 Å². The molecule has 0 aromatic carbocycles. The maximum atomic E-state index is 12.5. The molecule has 3 aliphatic rings. The van der Waals surface area contributed by atoms with Gasteiger partial charge in [0.15, 0.2) is 0 Å². The van der Waals surface area contributed by atoms with Gasteiger partial charge in [-0.3, -0.25) is 4.79 Å². The molecule has 1 aromatic heterocycles. The third kappa shape index (κ3) is 4.06. The number of rotatable bonds is 3. The summed E-state index contributed by atoms with van der Waals surface area (Å²) in [5.41, 5.74) is -0.470. The van der Waals surface area contributed by atoms with Crippen molar-refractivity contribution >= 4 is 17.7 Å². The van der Waals surface area contributed by atoms with Crippen LogP contribution in [0.5, 0.6) is 0 Å². The third-order valence-electron chi connectivity index (χ3n) is 6.57. The van der Waals surface area contributed by atoms with Crippen LogP contribution in [0.15, 0.2) is 23.0 Å². The van der Waals surface area contributed by atoms with E-state index >= 15 is 0 Å². The van der Waals surface area contributed by atoms with Crippen LogP contribution in [0.4, 0.5) is 0 Å². The Bertz CT molecular complexity index is 638. The van der Waals surface area contributed by atoms with E-state index in [0.29, 0.717) is 18.0 Å². The average Bonchev–Trinajstić information content (AvgIpc) is 3.22. The molecular formula is C20H30N2O4S. The first kappa shape index (κ1) is 19.3. The Labute approximate surface area is 165 Å². The minimum Gasteiger partial charge on any atom is -0.472 e. The monoisotopic (exact) mass is 394 g/mol. The van der Waals surface area contributed by atoms with Crippen molar-refractivity contribution in [1.29, 1.82) is 0 Å². The summed E-state index contributed by atoms with van der Waals surface area (Å²) >= 11 is 2.06. The van der Waals surface area contributed by atoms with Crippen LogP contribution in [0.1, 0.15) is 49.4 Å². The van der Waals surface area contributed by atoms with Crippen LogP contribution in [0, 0.1) is 0 Å². The summed E-state index contributed by atoms with van der Waals surface area (Å²) in [5, 5.41) is 13.6. The van der Waals surface area contributed by atoms with Gasteiger partial charge in [-0.05, 0) is 50.2 Å². The number of hydrogen-bond donors (Lipinski definition) is 2. The Hall–Kier alpha value is -1.02. The summed E-state index contributed by atoms with van der Waals surface area (Å²) in [4.78, 5) is 15.1. The molecule has 1 spiro atoms. The van der Waals surface area contributed by atoms with E-state index in [2.05, 4.69) is 22.0 Å². The van der Waals surface area contributed by atoms with Crippen LogP contribution >= 0.6 is 11.8 Å². The molecule has 1 amide bonds. The quantitative estimate of drug-likeness (QED) is 0.819. The average molecular weight is 395 g/mol. The largest absolute Gasteiger partial charge is 0.472 e. The molecule has 0 aliphatic carbocycles. The van der Waals surface area contributed by atoms with Gasteiger partial charge >= 0.3 is 0 Å². The minimum absolute atomic E-state index is 0.209. The fourth-order valence-electron chi connectivity index (χ4n) is 4.80. The van der Waals surface area contributed by atoms with Gasteiger partial charge in [-0.1, -0.05) is 0 Å². The number of furan rings is 1. The predicted molar refractivity (Wildman–Crippen MR) is 105 cm³/mol. The fraction of sp³-hybridized carbons (Fsp3) is 0.750. The van der Waals surface area contributed by atoms with Gasteiger partial charge < -0.3 is 24.5 Å². The lowest BCUT2D eigenvalue weighted by Gasteiger charge is -2.53. The minimum atomic E-state index is -0.715. The fourth-order valence-corrected chi connectivity index (χ4v) is 5.88. The van der Waals surface area contributed by atoms with E-state index in [1.807, 2.05) is 6.92 Å². The number of thioether (sulfide) groups is 1. The highest BCUT2D eigenvalue weighted by atomic mass is 32.2. The normalized spacial score (nSPS) is 32.4. The van der Waals surface area contributed by atoms with Crippen LogP contribution in [-0.2, 0) is 4.74 Å². The number of nitrogens with one attached hydrogen (secondary N) is 1. The SMILES string of the molecule is C[C@@]1(NC(=O)c2ccoc2)CC2(CCN(C3CCSCC3)CC2)OC[C@H]1O. The molecule has 0 unspecified atom stereocenters. The zero-order chi connectivity index (χ0) is 18.9. The van der Waals surface area contributed by atoms with Gasteiger partial charge in [0.2, 0.25) is 0 Å². The second-order valence-electron chi connectivity index (χ2n) is 8.45. The highest BCUT2D eigenvalue weighted by molar-refractivity contribution is 7.99. The molecular weight excluding hydrogens is 364 g/mol. The first-order chi connectivity index (χ1) is 13.0. The van der Waals surface area contributed by atoms with E-state index in [1.54, 1.807) is 6.07 Å². The Morgan fingerprint density at radius 2 is 2.07 bits per heavy atom. The first-order valence-electron chi connectivity index (χ1n) is 9.98. The number of hydrogen-bond acceptors (Lipinski definition) is 6. The Morgan fingerprint density at radius 3 is 2.74 bits per heavy atom. The number of likely N-dealkylation sites (tertiary alicyclic amines) is 1. The van der Waals surface area contributed by atoms with Crippen LogP contribution in [0.25, 0.3) is 0 Å². The summed E-state index contributed by atoms with van der Waals surface area (Å²) in [6.45, 7) is 4.28. The lowest BCUT2D eigenvalue weighted by Crippen LogP contribution is -2.66. The van der Waals surface area contributed by atoms with Crippen molar-refractivity contribution in [2.45, 2.75) is 62.3 Å². The number of piperidine rings is 1. The summed E-state index contributed by atoms with van der Waals surface area (Å²) < 4.78 is 11.2. The van der Waals surface area contributed by atoms with Crippen molar-refractivity contribution in [3.63, 3.8) is 0 Å². The summed E-state index contributed by atoms with van der Waals surface area (Å²) in [7, 11) is 0.